The Bertz CT molecular complexity index is 517. The third kappa shape index (κ3) is 3.54. The van der Waals surface area contributed by atoms with Crippen molar-refractivity contribution in [1.82, 2.24) is 9.80 Å². The van der Waals surface area contributed by atoms with Crippen molar-refractivity contribution in [1.29, 1.82) is 0 Å². The van der Waals surface area contributed by atoms with Crippen molar-refractivity contribution in [3.05, 3.63) is 23.8 Å². The van der Waals surface area contributed by atoms with Crippen molar-refractivity contribution in [2.75, 3.05) is 37.7 Å². The number of benzene rings is 1. The van der Waals surface area contributed by atoms with Crippen LogP contribution in [-0.4, -0.2) is 54.5 Å². The lowest BCUT2D eigenvalue weighted by Gasteiger charge is -2.41. The number of nitrogens with two attached hydrogens (primary N) is 1. The van der Waals surface area contributed by atoms with Crippen molar-refractivity contribution < 1.29 is 4.79 Å². The van der Waals surface area contributed by atoms with E-state index in [1.807, 2.05) is 32.0 Å². The minimum Gasteiger partial charge on any atom is -0.398 e. The van der Waals surface area contributed by atoms with Crippen molar-refractivity contribution in [2.24, 2.45) is 0 Å². The molecule has 116 valence electrons. The van der Waals surface area contributed by atoms with Crippen LogP contribution < -0.4 is 11.1 Å². The molecule has 5 nitrogen and oxygen atoms in total. The first kappa shape index (κ1) is 15.8. The van der Waals surface area contributed by atoms with Crippen LogP contribution in [0.1, 0.15) is 19.4 Å². The number of carbonyl (C=O) groups excluding carboxylic acids is 1. The molecule has 1 aliphatic heterocycles. The minimum absolute atomic E-state index is 0.0279. The van der Waals surface area contributed by atoms with Gasteiger partial charge >= 0.3 is 0 Å². The molecule has 0 aromatic heterocycles. The molecule has 5 heteroatoms. The van der Waals surface area contributed by atoms with E-state index in [4.69, 9.17) is 5.73 Å². The summed E-state index contributed by atoms with van der Waals surface area (Å²) >= 11 is 0. The van der Waals surface area contributed by atoms with E-state index in [1.165, 1.54) is 0 Å². The first-order valence-electron chi connectivity index (χ1n) is 7.50. The molecule has 2 atom stereocenters. The number of carbonyl (C=O) groups is 1. The topological polar surface area (TPSA) is 61.6 Å². The molecule has 1 aromatic rings. The Labute approximate surface area is 127 Å². The summed E-state index contributed by atoms with van der Waals surface area (Å²) in [5, 5.41) is 3.01. The molecule has 1 amide bonds. The monoisotopic (exact) mass is 290 g/mol. The van der Waals surface area contributed by atoms with Crippen LogP contribution in [0.3, 0.4) is 0 Å². The molecule has 1 heterocycles. The largest absolute Gasteiger partial charge is 0.398 e. The van der Waals surface area contributed by atoms with Gasteiger partial charge in [0.05, 0.1) is 6.04 Å². The fraction of sp³-hybridized carbons (Fsp3) is 0.562. The molecule has 1 saturated heterocycles. The number of nitrogens with one attached hydrogen (secondary N) is 1. The van der Waals surface area contributed by atoms with Gasteiger partial charge in [-0.1, -0.05) is 6.07 Å². The maximum Gasteiger partial charge on any atom is 0.241 e. The molecular weight excluding hydrogens is 264 g/mol. The lowest BCUT2D eigenvalue weighted by atomic mass is 10.1. The predicted molar refractivity (Wildman–Crippen MR) is 87.3 cm³/mol. The molecule has 1 fully saturated rings. The highest BCUT2D eigenvalue weighted by Gasteiger charge is 2.29. The number of hydrogen-bond donors (Lipinski definition) is 2. The SMILES string of the molecule is Cc1c(N)cccc1NC(=O)C(C)N1CCN(C)CC1C. The standard InChI is InChI=1S/C16H26N4O/c1-11-10-19(4)8-9-20(11)13(3)16(21)18-15-7-5-6-14(17)12(15)2/h5-7,11,13H,8-10,17H2,1-4H3,(H,18,21). The zero-order valence-corrected chi connectivity index (χ0v) is 13.4. The summed E-state index contributed by atoms with van der Waals surface area (Å²) in [5.41, 5.74) is 8.31. The summed E-state index contributed by atoms with van der Waals surface area (Å²) in [7, 11) is 2.12. The Morgan fingerprint density at radius 2 is 2.14 bits per heavy atom. The fourth-order valence-corrected chi connectivity index (χ4v) is 2.91. The average Bonchev–Trinajstić information content (AvgIpc) is 2.43. The second kappa shape index (κ2) is 6.45. The first-order valence-corrected chi connectivity index (χ1v) is 7.50. The van der Waals surface area contributed by atoms with Gasteiger partial charge in [-0.15, -0.1) is 0 Å². The molecule has 0 aliphatic carbocycles. The molecule has 0 radical (unpaired) electrons. The van der Waals surface area contributed by atoms with E-state index < -0.39 is 0 Å². The number of nitrogen functional groups attached to an aromatic ring is 1. The number of nitrogens with zero attached hydrogens (tertiary/aromatic N) is 2. The second-order valence-corrected chi connectivity index (χ2v) is 6.03. The first-order chi connectivity index (χ1) is 9.90. The molecular formula is C16H26N4O. The number of rotatable bonds is 3. The fourth-order valence-electron chi connectivity index (χ4n) is 2.91. The predicted octanol–water partition coefficient (Wildman–Crippen LogP) is 1.54. The zero-order chi connectivity index (χ0) is 15.6. The Morgan fingerprint density at radius 1 is 1.43 bits per heavy atom. The maximum atomic E-state index is 12.5. The van der Waals surface area contributed by atoms with Gasteiger partial charge in [-0.2, -0.15) is 0 Å². The molecule has 0 bridgehead atoms. The number of anilines is 2. The lowest BCUT2D eigenvalue weighted by Crippen LogP contribution is -2.56. The van der Waals surface area contributed by atoms with Gasteiger partial charge in [-0.05, 0) is 45.5 Å². The van der Waals surface area contributed by atoms with Gasteiger partial charge in [0.15, 0.2) is 0 Å². The van der Waals surface area contributed by atoms with Gasteiger partial charge in [0.1, 0.15) is 0 Å². The number of likely N-dealkylation sites (N-methyl/N-ethyl adjacent to an activating group) is 1. The van der Waals surface area contributed by atoms with Crippen LogP contribution in [0.4, 0.5) is 11.4 Å². The highest BCUT2D eigenvalue weighted by molar-refractivity contribution is 5.95. The van der Waals surface area contributed by atoms with Crippen LogP contribution in [0, 0.1) is 6.92 Å². The highest BCUT2D eigenvalue weighted by Crippen LogP contribution is 2.21. The van der Waals surface area contributed by atoms with Crippen molar-refractivity contribution in [3.63, 3.8) is 0 Å². The smallest absolute Gasteiger partial charge is 0.241 e. The average molecular weight is 290 g/mol. The summed E-state index contributed by atoms with van der Waals surface area (Å²) < 4.78 is 0. The Morgan fingerprint density at radius 3 is 2.81 bits per heavy atom. The van der Waals surface area contributed by atoms with Gasteiger partial charge in [-0.3, -0.25) is 9.69 Å². The van der Waals surface area contributed by atoms with E-state index in [1.54, 1.807) is 0 Å². The molecule has 0 saturated carbocycles. The van der Waals surface area contributed by atoms with E-state index in [0.29, 0.717) is 11.7 Å². The van der Waals surface area contributed by atoms with Crippen LogP contribution in [0.15, 0.2) is 18.2 Å². The molecule has 2 rings (SSSR count). The summed E-state index contributed by atoms with van der Waals surface area (Å²) in [6.07, 6.45) is 0. The molecule has 3 N–H and O–H groups in total. The molecule has 1 aromatic carbocycles. The van der Waals surface area contributed by atoms with Gasteiger partial charge in [0.2, 0.25) is 5.91 Å². The zero-order valence-electron chi connectivity index (χ0n) is 13.4. The third-order valence-electron chi connectivity index (χ3n) is 4.39. The molecule has 2 unspecified atom stereocenters. The Kier molecular flexibility index (Phi) is 4.85. The van der Waals surface area contributed by atoms with Gasteiger partial charge in [0, 0.05) is 37.1 Å². The van der Waals surface area contributed by atoms with Crippen molar-refractivity contribution >= 4 is 17.3 Å². The van der Waals surface area contributed by atoms with E-state index >= 15 is 0 Å². The highest BCUT2D eigenvalue weighted by atomic mass is 16.2. The van der Waals surface area contributed by atoms with E-state index in [2.05, 4.69) is 29.1 Å². The van der Waals surface area contributed by atoms with Gasteiger partial charge in [0.25, 0.3) is 0 Å². The van der Waals surface area contributed by atoms with Crippen LogP contribution >= 0.6 is 0 Å². The van der Waals surface area contributed by atoms with E-state index in [-0.39, 0.29) is 11.9 Å². The maximum absolute atomic E-state index is 12.5. The van der Waals surface area contributed by atoms with Crippen LogP contribution in [-0.2, 0) is 4.79 Å². The lowest BCUT2D eigenvalue weighted by molar-refractivity contribution is -0.122. The molecule has 0 spiro atoms. The third-order valence-corrected chi connectivity index (χ3v) is 4.39. The summed E-state index contributed by atoms with van der Waals surface area (Å²) in [6.45, 7) is 8.98. The Hall–Kier alpha value is -1.59. The summed E-state index contributed by atoms with van der Waals surface area (Å²) in [4.78, 5) is 17.1. The summed E-state index contributed by atoms with van der Waals surface area (Å²) in [6, 6.07) is 5.84. The number of hydrogen-bond acceptors (Lipinski definition) is 4. The molecule has 21 heavy (non-hydrogen) atoms. The van der Waals surface area contributed by atoms with Gasteiger partial charge in [-0.25, -0.2) is 0 Å². The van der Waals surface area contributed by atoms with Crippen molar-refractivity contribution in [2.45, 2.75) is 32.9 Å². The summed E-state index contributed by atoms with van der Waals surface area (Å²) in [5.74, 6) is 0.0279. The quantitative estimate of drug-likeness (QED) is 0.829. The minimum atomic E-state index is -0.144. The van der Waals surface area contributed by atoms with E-state index in [9.17, 15) is 4.79 Å². The number of piperazine rings is 1. The normalized spacial score (nSPS) is 22.0. The van der Waals surface area contributed by atoms with Gasteiger partial charge < -0.3 is 16.0 Å². The van der Waals surface area contributed by atoms with Crippen LogP contribution in [0.25, 0.3) is 0 Å². The van der Waals surface area contributed by atoms with Crippen molar-refractivity contribution in [3.8, 4) is 0 Å². The number of amides is 1. The van der Waals surface area contributed by atoms with Crippen LogP contribution in [0.5, 0.6) is 0 Å². The van der Waals surface area contributed by atoms with E-state index in [0.717, 1.165) is 30.9 Å². The molecule has 1 aliphatic rings. The Balaban J connectivity index is 2.04. The van der Waals surface area contributed by atoms with Crippen LogP contribution in [0.2, 0.25) is 0 Å². The second-order valence-electron chi connectivity index (χ2n) is 6.03.